The normalized spacial score (nSPS) is 11.8. The van der Waals surface area contributed by atoms with Crippen LogP contribution in [0.3, 0.4) is 0 Å². The second-order valence-corrected chi connectivity index (χ2v) is 5.77. The van der Waals surface area contributed by atoms with Gasteiger partial charge in [0.2, 0.25) is 0 Å². The van der Waals surface area contributed by atoms with Crippen LogP contribution in [0.25, 0.3) is 6.08 Å². The number of nitrogens with two attached hydrogens (primary N) is 2. The van der Waals surface area contributed by atoms with Gasteiger partial charge in [-0.1, -0.05) is 35.9 Å². The number of halogens is 1. The largest absolute Gasteiger partial charge is 0.397 e. The minimum atomic E-state index is 0.214. The summed E-state index contributed by atoms with van der Waals surface area (Å²) in [5, 5.41) is 4.43. The molecular formula is C17H18ClN5. The average molecular weight is 328 g/mol. The van der Waals surface area contributed by atoms with Crippen LogP contribution in [0.5, 0.6) is 0 Å². The highest BCUT2D eigenvalue weighted by Gasteiger charge is 2.05. The number of nitrogen functional groups attached to an aromatic ring is 1. The van der Waals surface area contributed by atoms with Gasteiger partial charge < -0.3 is 16.0 Å². The van der Waals surface area contributed by atoms with Gasteiger partial charge in [-0.3, -0.25) is 4.68 Å². The number of hydrogen-bond acceptors (Lipinski definition) is 3. The van der Waals surface area contributed by atoms with E-state index in [4.69, 9.17) is 23.1 Å². The van der Waals surface area contributed by atoms with Crippen molar-refractivity contribution in [3.05, 3.63) is 77.0 Å². The third-order valence-electron chi connectivity index (χ3n) is 3.59. The lowest BCUT2D eigenvalue weighted by atomic mass is 10.1. The fraction of sp³-hybridized carbons (Fsp3) is 0.118. The van der Waals surface area contributed by atoms with Crippen LogP contribution in [-0.2, 0) is 13.1 Å². The number of nitrogens with zero attached hydrogens (tertiary/aromatic N) is 3. The van der Waals surface area contributed by atoms with Gasteiger partial charge in [0.1, 0.15) is 5.16 Å². The van der Waals surface area contributed by atoms with Gasteiger partial charge in [-0.2, -0.15) is 5.10 Å². The van der Waals surface area contributed by atoms with Crippen molar-refractivity contribution in [2.24, 2.45) is 5.73 Å². The molecule has 0 bridgehead atoms. The van der Waals surface area contributed by atoms with E-state index in [0.717, 1.165) is 12.2 Å². The van der Waals surface area contributed by atoms with Crippen LogP contribution >= 0.6 is 11.6 Å². The van der Waals surface area contributed by atoms with Crippen LogP contribution < -0.4 is 11.5 Å². The number of aromatic nitrogens is 3. The standard InChI is InChI=1S/C17H18ClN5/c18-17(20)10-16-15(19)6-9-22(16)11-13-2-4-14(5-3-13)12-23-8-1-7-21-23/h1-10H,11-12,19-20H2/b17-10-. The van der Waals surface area contributed by atoms with Gasteiger partial charge in [-0.05, 0) is 29.3 Å². The highest BCUT2D eigenvalue weighted by Crippen LogP contribution is 2.19. The van der Waals surface area contributed by atoms with Crippen LogP contribution in [0.1, 0.15) is 16.8 Å². The molecule has 0 spiro atoms. The van der Waals surface area contributed by atoms with Gasteiger partial charge in [0.05, 0.1) is 17.9 Å². The summed E-state index contributed by atoms with van der Waals surface area (Å²) in [6.07, 6.45) is 7.33. The molecule has 0 fully saturated rings. The maximum absolute atomic E-state index is 5.95. The molecule has 0 unspecified atom stereocenters. The Bertz CT molecular complexity index is 796. The fourth-order valence-electron chi connectivity index (χ4n) is 2.46. The highest BCUT2D eigenvalue weighted by atomic mass is 35.5. The number of hydrogen-bond donors (Lipinski definition) is 2. The van der Waals surface area contributed by atoms with E-state index >= 15 is 0 Å². The Morgan fingerprint density at radius 2 is 1.78 bits per heavy atom. The van der Waals surface area contributed by atoms with Crippen LogP contribution in [0.4, 0.5) is 5.69 Å². The smallest absolute Gasteiger partial charge is 0.101 e. The second-order valence-electron chi connectivity index (χ2n) is 5.33. The molecule has 3 rings (SSSR count). The van der Waals surface area contributed by atoms with Crippen molar-refractivity contribution in [1.82, 2.24) is 14.3 Å². The van der Waals surface area contributed by atoms with E-state index in [1.54, 1.807) is 12.3 Å². The molecular weight excluding hydrogens is 310 g/mol. The van der Waals surface area contributed by atoms with Crippen LogP contribution in [0, 0.1) is 0 Å². The monoisotopic (exact) mass is 327 g/mol. The van der Waals surface area contributed by atoms with Crippen molar-refractivity contribution in [3.63, 3.8) is 0 Å². The van der Waals surface area contributed by atoms with Gasteiger partial charge in [0.25, 0.3) is 0 Å². The van der Waals surface area contributed by atoms with Crippen LogP contribution in [-0.4, -0.2) is 14.3 Å². The molecule has 1 aromatic carbocycles. The summed E-state index contributed by atoms with van der Waals surface area (Å²) >= 11 is 5.77. The molecule has 0 saturated heterocycles. The Hall–Kier alpha value is -2.66. The van der Waals surface area contributed by atoms with Gasteiger partial charge >= 0.3 is 0 Å². The molecule has 118 valence electrons. The summed E-state index contributed by atoms with van der Waals surface area (Å²) in [5.74, 6) is 0. The number of benzene rings is 1. The lowest BCUT2D eigenvalue weighted by molar-refractivity contribution is 0.686. The van der Waals surface area contributed by atoms with Gasteiger partial charge in [-0.25, -0.2) is 0 Å². The first-order valence-corrected chi connectivity index (χ1v) is 7.62. The third-order valence-corrected chi connectivity index (χ3v) is 3.70. The maximum atomic E-state index is 5.95. The van der Waals surface area contributed by atoms with Crippen molar-refractivity contribution in [1.29, 1.82) is 0 Å². The first kappa shape index (κ1) is 15.2. The molecule has 0 aliphatic carbocycles. The molecule has 2 aromatic heterocycles. The predicted octanol–water partition coefficient (Wildman–Crippen LogP) is 2.86. The van der Waals surface area contributed by atoms with E-state index in [0.29, 0.717) is 12.2 Å². The third kappa shape index (κ3) is 3.76. The van der Waals surface area contributed by atoms with E-state index in [9.17, 15) is 0 Å². The van der Waals surface area contributed by atoms with E-state index in [-0.39, 0.29) is 5.16 Å². The molecule has 0 atom stereocenters. The van der Waals surface area contributed by atoms with Crippen LogP contribution in [0.2, 0.25) is 0 Å². The van der Waals surface area contributed by atoms with Crippen molar-refractivity contribution < 1.29 is 0 Å². The summed E-state index contributed by atoms with van der Waals surface area (Å²) < 4.78 is 3.92. The van der Waals surface area contributed by atoms with Crippen LogP contribution in [0.15, 0.2) is 60.1 Å². The Kier molecular flexibility index (Phi) is 4.39. The zero-order chi connectivity index (χ0) is 16.2. The quantitative estimate of drug-likeness (QED) is 0.708. The molecule has 0 amide bonds. The molecule has 5 nitrogen and oxygen atoms in total. The van der Waals surface area contributed by atoms with Gasteiger partial charge in [0, 0.05) is 25.1 Å². The Morgan fingerprint density at radius 3 is 2.39 bits per heavy atom. The summed E-state index contributed by atoms with van der Waals surface area (Å²) in [5.41, 5.74) is 15.4. The minimum Gasteiger partial charge on any atom is -0.397 e. The molecule has 4 N–H and O–H groups in total. The highest BCUT2D eigenvalue weighted by molar-refractivity contribution is 6.30. The van der Waals surface area contributed by atoms with Crippen molar-refractivity contribution in [2.75, 3.05) is 5.73 Å². The average Bonchev–Trinajstić information content (AvgIpc) is 3.14. The predicted molar refractivity (Wildman–Crippen MR) is 93.7 cm³/mol. The molecule has 3 aromatic rings. The van der Waals surface area contributed by atoms with E-state index in [1.165, 1.54) is 11.1 Å². The number of rotatable bonds is 5. The molecule has 6 heteroatoms. The molecule has 2 heterocycles. The second kappa shape index (κ2) is 6.62. The first-order chi connectivity index (χ1) is 11.1. The first-order valence-electron chi connectivity index (χ1n) is 7.24. The Morgan fingerprint density at radius 1 is 1.09 bits per heavy atom. The van der Waals surface area contributed by atoms with Crippen molar-refractivity contribution in [3.8, 4) is 0 Å². The molecule has 0 aliphatic heterocycles. The van der Waals surface area contributed by atoms with Crippen molar-refractivity contribution in [2.45, 2.75) is 13.1 Å². The van der Waals surface area contributed by atoms with E-state index < -0.39 is 0 Å². The topological polar surface area (TPSA) is 74.8 Å². The van der Waals surface area contributed by atoms with Gasteiger partial charge in [-0.15, -0.1) is 0 Å². The fourth-order valence-corrected chi connectivity index (χ4v) is 2.57. The summed E-state index contributed by atoms with van der Waals surface area (Å²) in [6, 6.07) is 12.2. The zero-order valence-corrected chi connectivity index (χ0v) is 13.3. The lowest BCUT2D eigenvalue weighted by Crippen LogP contribution is -2.04. The summed E-state index contributed by atoms with van der Waals surface area (Å²) in [6.45, 7) is 1.47. The molecule has 0 radical (unpaired) electrons. The zero-order valence-electron chi connectivity index (χ0n) is 12.6. The maximum Gasteiger partial charge on any atom is 0.101 e. The minimum absolute atomic E-state index is 0.214. The number of anilines is 1. The SMILES string of the molecule is N/C(Cl)=C\c1c(N)ccn1Cc1ccc(Cn2cccn2)cc1. The van der Waals surface area contributed by atoms with Gasteiger partial charge in [0.15, 0.2) is 0 Å². The molecule has 0 aliphatic rings. The molecule has 23 heavy (non-hydrogen) atoms. The Labute approximate surface area is 139 Å². The summed E-state index contributed by atoms with van der Waals surface area (Å²) in [4.78, 5) is 0. The van der Waals surface area contributed by atoms with E-state index in [2.05, 4.69) is 29.4 Å². The Balaban J connectivity index is 1.75. The van der Waals surface area contributed by atoms with Crippen molar-refractivity contribution >= 4 is 23.4 Å². The molecule has 0 saturated carbocycles. The van der Waals surface area contributed by atoms with E-state index in [1.807, 2.05) is 33.8 Å². The summed E-state index contributed by atoms with van der Waals surface area (Å²) in [7, 11) is 0. The lowest BCUT2D eigenvalue weighted by Gasteiger charge is -2.09.